The van der Waals surface area contributed by atoms with Crippen molar-refractivity contribution in [3.05, 3.63) is 212 Å². The molecule has 0 bridgehead atoms. The third-order valence-corrected chi connectivity index (χ3v) is 12.7. The molecule has 4 heterocycles. The van der Waals surface area contributed by atoms with E-state index in [-0.39, 0.29) is 5.41 Å². The number of nitrogens with one attached hydrogen (secondary N) is 1. The van der Waals surface area contributed by atoms with Crippen LogP contribution >= 0.6 is 0 Å². The first-order valence-corrected chi connectivity index (χ1v) is 21.6. The number of pyridine rings is 2. The highest BCUT2D eigenvalue weighted by Gasteiger charge is 2.25. The molecule has 0 saturated heterocycles. The maximum atomic E-state index is 4.97. The molecule has 1 aliphatic carbocycles. The molecule has 0 spiro atoms. The average molecular weight is 810 g/mol. The van der Waals surface area contributed by atoms with E-state index < -0.39 is 0 Å². The first-order valence-electron chi connectivity index (χ1n) is 21.6. The minimum atomic E-state index is -0.0216. The number of hydrogen-bond acceptors (Lipinski definition) is 1. The zero-order valence-electron chi connectivity index (χ0n) is 35.3. The van der Waals surface area contributed by atoms with Crippen LogP contribution in [0.2, 0.25) is 0 Å². The largest absolute Gasteiger partial charge is 0.340 e. The molecule has 63 heavy (non-hydrogen) atoms. The number of para-hydroxylation sites is 4. The predicted molar refractivity (Wildman–Crippen MR) is 259 cm³/mol. The first kappa shape index (κ1) is 36.8. The van der Waals surface area contributed by atoms with Crippen molar-refractivity contribution >= 4 is 43.7 Å². The molecule has 1 N–H and O–H groups in total. The second kappa shape index (κ2) is 14.3. The van der Waals surface area contributed by atoms with Crippen LogP contribution in [0.5, 0.6) is 0 Å². The van der Waals surface area contributed by atoms with Gasteiger partial charge in [0.05, 0.1) is 33.6 Å². The minimum absolute atomic E-state index is 0.0216. The Labute approximate surface area is 366 Å². The Kier molecular flexibility index (Phi) is 8.35. The maximum absolute atomic E-state index is 4.97. The Hall–Kier alpha value is -8.02. The summed E-state index contributed by atoms with van der Waals surface area (Å²) in [5, 5.41) is 4.78. The number of H-pyrrole nitrogens is 1. The van der Waals surface area contributed by atoms with Crippen LogP contribution in [0.1, 0.15) is 26.3 Å². The number of nitrogens with zero attached hydrogens (tertiary/aromatic N) is 4. The summed E-state index contributed by atoms with van der Waals surface area (Å²) >= 11 is 0. The molecule has 0 saturated carbocycles. The molecule has 3 aromatic heterocycles. The van der Waals surface area contributed by atoms with Gasteiger partial charge in [0, 0.05) is 28.1 Å². The molecule has 10 aromatic rings. The van der Waals surface area contributed by atoms with Crippen molar-refractivity contribution in [2.24, 2.45) is 0 Å². The molecule has 2 aliphatic rings. The van der Waals surface area contributed by atoms with Crippen molar-refractivity contribution < 1.29 is 4.57 Å². The van der Waals surface area contributed by atoms with Gasteiger partial charge >= 0.3 is 0 Å². The minimum Gasteiger partial charge on any atom is -0.340 e. The van der Waals surface area contributed by atoms with Crippen LogP contribution in [0.4, 0.5) is 0 Å². The Morgan fingerprint density at radius 1 is 0.524 bits per heavy atom. The zero-order valence-corrected chi connectivity index (χ0v) is 35.3. The molecular weight excluding hydrogens is 767 g/mol. The SMILES string of the molecule is CC(C)(C)c1ccnc(-n2c3ccccc3c3cc4c5ccccc5c(-c5cccc(-n6[c-][n+](-c7c(-c8ccccc8)cccc7-c7ccccc7)c7ccccc76)c5)c-4[nH]c32)c1. The Morgan fingerprint density at radius 2 is 1.14 bits per heavy atom. The standard InChI is InChI=1S/C58H43N5/c1-58(2,3)41-32-33-59-53(35-41)63-50-29-13-12-25-46(50)49-36-48-45-24-10-11-26-47(45)54(55(48)60-57(49)63)40-22-16-23-42(34-40)61-37-62(52-31-15-14-30-51(52)61)56-43(38-18-6-4-7-19-38)27-17-28-44(56)39-20-8-5-9-21-39/h4-36,60H,1-3H3. The molecule has 0 atom stereocenters. The van der Waals surface area contributed by atoms with E-state index in [2.05, 4.69) is 240 Å². The number of fused-ring (bicyclic) bond motifs is 7. The Morgan fingerprint density at radius 3 is 1.87 bits per heavy atom. The van der Waals surface area contributed by atoms with Gasteiger partial charge in [0.15, 0.2) is 0 Å². The predicted octanol–water partition coefficient (Wildman–Crippen LogP) is 14.1. The van der Waals surface area contributed by atoms with E-state index in [4.69, 9.17) is 4.98 Å². The maximum Gasteiger partial charge on any atom is 0.269 e. The van der Waals surface area contributed by atoms with Gasteiger partial charge < -0.3 is 4.98 Å². The lowest BCUT2D eigenvalue weighted by molar-refractivity contribution is -0.571. The quantitative estimate of drug-likeness (QED) is 0.132. The summed E-state index contributed by atoms with van der Waals surface area (Å²) in [6.07, 6.45) is 5.83. The van der Waals surface area contributed by atoms with Crippen LogP contribution in [0.25, 0.3) is 106 Å². The highest BCUT2D eigenvalue weighted by atomic mass is 15.1. The molecule has 5 nitrogen and oxygen atoms in total. The number of benzene rings is 7. The van der Waals surface area contributed by atoms with Gasteiger partial charge in [0.1, 0.15) is 11.5 Å². The van der Waals surface area contributed by atoms with E-state index in [1.54, 1.807) is 0 Å². The van der Waals surface area contributed by atoms with Gasteiger partial charge in [-0.05, 0) is 86.0 Å². The molecule has 0 unspecified atom stereocenters. The van der Waals surface area contributed by atoms with Crippen molar-refractivity contribution in [1.29, 1.82) is 0 Å². The summed E-state index contributed by atoms with van der Waals surface area (Å²) in [6, 6.07) is 69.7. The second-order valence-corrected chi connectivity index (χ2v) is 17.5. The van der Waals surface area contributed by atoms with E-state index in [9.17, 15) is 0 Å². The van der Waals surface area contributed by atoms with Crippen molar-refractivity contribution in [2.75, 3.05) is 0 Å². The van der Waals surface area contributed by atoms with Crippen LogP contribution < -0.4 is 4.57 Å². The molecule has 0 amide bonds. The lowest BCUT2D eigenvalue weighted by atomic mass is 9.88. The van der Waals surface area contributed by atoms with Crippen molar-refractivity contribution in [2.45, 2.75) is 26.2 Å². The van der Waals surface area contributed by atoms with Crippen LogP contribution in [0, 0.1) is 6.33 Å². The zero-order chi connectivity index (χ0) is 42.2. The number of aromatic amines is 1. The second-order valence-electron chi connectivity index (χ2n) is 17.5. The van der Waals surface area contributed by atoms with Crippen molar-refractivity contribution in [1.82, 2.24) is 19.1 Å². The van der Waals surface area contributed by atoms with Gasteiger partial charge in [-0.2, -0.15) is 0 Å². The lowest BCUT2D eigenvalue weighted by Crippen LogP contribution is -2.31. The van der Waals surface area contributed by atoms with Gasteiger partial charge in [0.2, 0.25) is 0 Å². The van der Waals surface area contributed by atoms with Gasteiger partial charge in [-0.3, -0.25) is 13.7 Å². The smallest absolute Gasteiger partial charge is 0.269 e. The molecule has 7 aromatic carbocycles. The fraction of sp³-hybridized carbons (Fsp3) is 0.0690. The van der Waals surface area contributed by atoms with Crippen LogP contribution in [-0.2, 0) is 5.41 Å². The van der Waals surface area contributed by atoms with E-state index >= 15 is 0 Å². The lowest BCUT2D eigenvalue weighted by Gasteiger charge is -2.20. The summed E-state index contributed by atoms with van der Waals surface area (Å²) in [5.74, 6) is 0.900. The average Bonchev–Trinajstić information content (AvgIpc) is 3.98. The topological polar surface area (TPSA) is 42.4 Å². The van der Waals surface area contributed by atoms with Gasteiger partial charge in [0.25, 0.3) is 6.33 Å². The van der Waals surface area contributed by atoms with E-state index in [0.717, 1.165) is 72.9 Å². The summed E-state index contributed by atoms with van der Waals surface area (Å²) in [4.78, 5) is 9.02. The van der Waals surface area contributed by atoms with E-state index in [1.165, 1.54) is 38.2 Å². The van der Waals surface area contributed by atoms with Crippen LogP contribution in [-0.4, -0.2) is 19.1 Å². The van der Waals surface area contributed by atoms with Crippen molar-refractivity contribution in [3.8, 4) is 61.8 Å². The summed E-state index contributed by atoms with van der Waals surface area (Å²) in [5.41, 5.74) is 16.8. The highest BCUT2D eigenvalue weighted by molar-refractivity contribution is 6.18. The number of hydrogen-bond donors (Lipinski definition) is 1. The van der Waals surface area contributed by atoms with Crippen molar-refractivity contribution in [3.63, 3.8) is 0 Å². The normalized spacial score (nSPS) is 12.0. The molecule has 300 valence electrons. The molecule has 0 radical (unpaired) electrons. The molecule has 0 fully saturated rings. The monoisotopic (exact) mass is 809 g/mol. The van der Waals surface area contributed by atoms with Gasteiger partial charge in [-0.25, -0.2) is 4.98 Å². The fourth-order valence-corrected chi connectivity index (χ4v) is 9.67. The van der Waals surface area contributed by atoms with Crippen LogP contribution in [0.3, 0.4) is 0 Å². The first-order chi connectivity index (χ1) is 30.9. The molecule has 12 rings (SSSR count). The summed E-state index contributed by atoms with van der Waals surface area (Å²) in [7, 11) is 0. The summed E-state index contributed by atoms with van der Waals surface area (Å²) < 4.78 is 6.77. The van der Waals surface area contributed by atoms with Gasteiger partial charge in [-0.1, -0.05) is 178 Å². The molecule has 5 heteroatoms. The molecular formula is C58H43N5. The fourth-order valence-electron chi connectivity index (χ4n) is 9.67. The number of aromatic nitrogens is 5. The van der Waals surface area contributed by atoms with E-state index in [1.807, 2.05) is 6.20 Å². The Balaban J connectivity index is 1.09. The summed E-state index contributed by atoms with van der Waals surface area (Å²) in [6.45, 7) is 6.76. The Bertz CT molecular complexity index is 3600. The van der Waals surface area contributed by atoms with E-state index in [0.29, 0.717) is 0 Å². The number of rotatable bonds is 6. The third-order valence-electron chi connectivity index (χ3n) is 12.7. The van der Waals surface area contributed by atoms with Crippen LogP contribution in [0.15, 0.2) is 200 Å². The third kappa shape index (κ3) is 5.92. The highest BCUT2D eigenvalue weighted by Crippen LogP contribution is 2.47. The molecule has 1 aliphatic heterocycles. The van der Waals surface area contributed by atoms with Gasteiger partial charge in [-0.15, -0.1) is 0 Å². The number of imidazole rings is 1.